The number of hydrogen-bond acceptors (Lipinski definition) is 5. The number of rotatable bonds is 5. The smallest absolute Gasteiger partial charge is 0.338 e. The van der Waals surface area contributed by atoms with Crippen LogP contribution in [0.2, 0.25) is 0 Å². The Morgan fingerprint density at radius 2 is 1.58 bits per heavy atom. The highest BCUT2D eigenvalue weighted by Crippen LogP contribution is 2.19. The van der Waals surface area contributed by atoms with Crippen LogP contribution in [0.15, 0.2) is 60.7 Å². The molecule has 124 valence electrons. The van der Waals surface area contributed by atoms with Crippen molar-refractivity contribution >= 4 is 11.9 Å². The van der Waals surface area contributed by atoms with Crippen LogP contribution >= 0.6 is 0 Å². The minimum absolute atomic E-state index is 0.208. The van der Waals surface area contributed by atoms with E-state index in [0.717, 1.165) is 0 Å². The highest BCUT2D eigenvalue weighted by molar-refractivity contribution is 5.90. The lowest BCUT2D eigenvalue weighted by atomic mass is 10.2. The van der Waals surface area contributed by atoms with Crippen LogP contribution < -0.4 is 0 Å². The fourth-order valence-corrected chi connectivity index (χ4v) is 2.33. The second-order valence-electron chi connectivity index (χ2n) is 5.26. The summed E-state index contributed by atoms with van der Waals surface area (Å²) in [5.74, 6) is -1.38. The third-order valence-electron chi connectivity index (χ3n) is 3.58. The zero-order valence-electron chi connectivity index (χ0n) is 14.9. The van der Waals surface area contributed by atoms with Crippen molar-refractivity contribution in [2.24, 2.45) is 0 Å². The number of esters is 2. The molecule has 0 bridgehead atoms. The molecule has 1 aliphatic heterocycles. The normalized spacial score (nSPS) is 21.5. The van der Waals surface area contributed by atoms with Crippen LogP contribution in [-0.2, 0) is 14.2 Å². The van der Waals surface area contributed by atoms with E-state index in [0.29, 0.717) is 12.0 Å². The van der Waals surface area contributed by atoms with Crippen molar-refractivity contribution in [1.82, 2.24) is 0 Å². The molecule has 0 aromatic heterocycles. The summed E-state index contributed by atoms with van der Waals surface area (Å²) in [4.78, 5) is 24.4. The fraction of sp³-hybridized carbons (Fsp3) is 0.263. The number of carbonyl (C=O) groups is 2. The van der Waals surface area contributed by atoms with E-state index in [4.69, 9.17) is 17.0 Å². The van der Waals surface area contributed by atoms with Gasteiger partial charge in [0.25, 0.3) is 0 Å². The first-order valence-corrected chi connectivity index (χ1v) is 7.63. The zero-order chi connectivity index (χ0) is 18.6. The van der Waals surface area contributed by atoms with Gasteiger partial charge < -0.3 is 14.2 Å². The Hall–Kier alpha value is -2.66. The molecule has 3 rings (SSSR count). The van der Waals surface area contributed by atoms with Gasteiger partial charge in [-0.2, -0.15) is 0 Å². The molecule has 0 radical (unpaired) electrons. The van der Waals surface area contributed by atoms with E-state index in [-0.39, 0.29) is 12.2 Å². The van der Waals surface area contributed by atoms with Crippen molar-refractivity contribution in [2.75, 3.05) is 13.2 Å². The number of ether oxygens (including phenoxy) is 3. The quantitative estimate of drug-likeness (QED) is 0.790. The molecule has 0 amide bonds. The Labute approximate surface area is 143 Å². The maximum Gasteiger partial charge on any atom is 0.338 e. The summed E-state index contributed by atoms with van der Waals surface area (Å²) in [6.07, 6.45) is -1.71. The van der Waals surface area contributed by atoms with E-state index in [9.17, 15) is 9.59 Å². The fourth-order valence-electron chi connectivity index (χ4n) is 2.33. The molecule has 5 heteroatoms. The summed E-state index contributed by atoms with van der Waals surface area (Å²) in [5.41, 5.74) is 0.590. The number of hydrogen-bond donors (Lipinski definition) is 0. The maximum absolute atomic E-state index is 12.2. The first-order chi connectivity index (χ1) is 12.5. The third kappa shape index (κ3) is 4.00. The van der Waals surface area contributed by atoms with Crippen molar-refractivity contribution in [3.63, 3.8) is 0 Å². The Morgan fingerprint density at radius 3 is 2.21 bits per heavy atom. The molecule has 0 N–H and O–H groups in total. The standard InChI is InChI=1S/C19H18O5/c20-18(14-7-3-1-4-8-14)23-13-17-16(11-12-22-17)24-19(21)15-9-5-2-6-10-15/h1-10,16-17H,11-13H2/i13D2. The van der Waals surface area contributed by atoms with Crippen molar-refractivity contribution in [3.8, 4) is 0 Å². The van der Waals surface area contributed by atoms with Gasteiger partial charge in [0.1, 0.15) is 18.8 Å². The molecule has 5 nitrogen and oxygen atoms in total. The molecular formula is C19H18O5. The van der Waals surface area contributed by atoms with Crippen molar-refractivity contribution < 1.29 is 26.5 Å². The molecule has 2 aromatic carbocycles. The maximum atomic E-state index is 12.2. The average molecular weight is 328 g/mol. The predicted octanol–water partition coefficient (Wildman–Crippen LogP) is 2.86. The molecule has 0 saturated carbocycles. The van der Waals surface area contributed by atoms with E-state index in [2.05, 4.69) is 0 Å². The highest BCUT2D eigenvalue weighted by Gasteiger charge is 2.33. The molecule has 0 aliphatic carbocycles. The first-order valence-electron chi connectivity index (χ1n) is 8.63. The van der Waals surface area contributed by atoms with Gasteiger partial charge in [0.2, 0.25) is 0 Å². The van der Waals surface area contributed by atoms with Gasteiger partial charge in [-0.05, 0) is 24.3 Å². The lowest BCUT2D eigenvalue weighted by molar-refractivity contribution is -0.0282. The molecule has 1 heterocycles. The Bertz CT molecular complexity index is 764. The highest BCUT2D eigenvalue weighted by atomic mass is 16.6. The van der Waals surface area contributed by atoms with Gasteiger partial charge in [-0.15, -0.1) is 0 Å². The van der Waals surface area contributed by atoms with E-state index in [1.54, 1.807) is 48.5 Å². The van der Waals surface area contributed by atoms with E-state index in [1.165, 1.54) is 12.1 Å². The predicted molar refractivity (Wildman–Crippen MR) is 86.7 cm³/mol. The van der Waals surface area contributed by atoms with Crippen molar-refractivity contribution in [1.29, 1.82) is 0 Å². The molecule has 2 unspecified atom stereocenters. The monoisotopic (exact) mass is 328 g/mol. The van der Waals surface area contributed by atoms with Crippen LogP contribution in [0.3, 0.4) is 0 Å². The largest absolute Gasteiger partial charge is 0.459 e. The third-order valence-corrected chi connectivity index (χ3v) is 3.58. The van der Waals surface area contributed by atoms with Gasteiger partial charge in [0, 0.05) is 6.42 Å². The summed E-state index contributed by atoms with van der Waals surface area (Å²) in [6, 6.07) is 16.5. The van der Waals surface area contributed by atoms with Crippen LogP contribution in [0, 0.1) is 0 Å². The molecule has 1 aliphatic rings. The second-order valence-corrected chi connectivity index (χ2v) is 5.26. The zero-order valence-corrected chi connectivity index (χ0v) is 12.9. The van der Waals surface area contributed by atoms with Crippen LogP contribution in [0.5, 0.6) is 0 Å². The molecule has 0 spiro atoms. The number of benzene rings is 2. The number of carbonyl (C=O) groups excluding carboxylic acids is 2. The Morgan fingerprint density at radius 1 is 1.00 bits per heavy atom. The van der Waals surface area contributed by atoms with Crippen LogP contribution in [0.4, 0.5) is 0 Å². The van der Waals surface area contributed by atoms with Gasteiger partial charge in [-0.1, -0.05) is 36.4 Å². The Kier molecular flexibility index (Phi) is 4.44. The summed E-state index contributed by atoms with van der Waals surface area (Å²) >= 11 is 0. The van der Waals surface area contributed by atoms with Gasteiger partial charge in [-0.25, -0.2) is 9.59 Å². The molecule has 24 heavy (non-hydrogen) atoms. The van der Waals surface area contributed by atoms with Gasteiger partial charge in [-0.3, -0.25) is 0 Å². The minimum atomic E-state index is -2.44. The average Bonchev–Trinajstić information content (AvgIpc) is 3.12. The second kappa shape index (κ2) is 7.75. The van der Waals surface area contributed by atoms with Crippen LogP contribution in [-0.4, -0.2) is 37.3 Å². The molecule has 1 fully saturated rings. The van der Waals surface area contributed by atoms with Gasteiger partial charge in [0.05, 0.1) is 20.5 Å². The van der Waals surface area contributed by atoms with E-state index in [1.807, 2.05) is 0 Å². The SMILES string of the molecule is [2H]C([2H])(OC(=O)c1ccccc1)C1OCCC1OC(=O)c1ccccc1. The van der Waals surface area contributed by atoms with Gasteiger partial charge in [0.15, 0.2) is 0 Å². The van der Waals surface area contributed by atoms with Crippen molar-refractivity contribution in [3.05, 3.63) is 71.8 Å². The first kappa shape index (κ1) is 13.7. The topological polar surface area (TPSA) is 61.8 Å². The summed E-state index contributed by atoms with van der Waals surface area (Å²) in [5, 5.41) is 0. The van der Waals surface area contributed by atoms with Crippen LogP contribution in [0.1, 0.15) is 29.9 Å². The summed E-state index contributed by atoms with van der Waals surface area (Å²) < 4.78 is 31.9. The minimum Gasteiger partial charge on any atom is -0.459 e. The lowest BCUT2D eigenvalue weighted by Crippen LogP contribution is -2.32. The molecule has 1 saturated heterocycles. The summed E-state index contributed by atoms with van der Waals surface area (Å²) in [6.45, 7) is -2.23. The molecular weight excluding hydrogens is 308 g/mol. The van der Waals surface area contributed by atoms with Crippen molar-refractivity contribution in [2.45, 2.75) is 18.6 Å². The van der Waals surface area contributed by atoms with E-state index >= 15 is 0 Å². The van der Waals surface area contributed by atoms with E-state index < -0.39 is 30.7 Å². The Balaban J connectivity index is 1.68. The molecule has 2 atom stereocenters. The van der Waals surface area contributed by atoms with Crippen LogP contribution in [0.25, 0.3) is 0 Å². The molecule has 2 aromatic rings. The summed E-state index contributed by atoms with van der Waals surface area (Å²) in [7, 11) is 0. The van der Waals surface area contributed by atoms with Gasteiger partial charge >= 0.3 is 11.9 Å². The lowest BCUT2D eigenvalue weighted by Gasteiger charge is -2.19.